The van der Waals surface area contributed by atoms with Gasteiger partial charge in [0.05, 0.1) is 6.10 Å². The molecule has 0 bridgehead atoms. The first-order chi connectivity index (χ1) is 13.9. The van der Waals surface area contributed by atoms with Crippen molar-refractivity contribution in [2.45, 2.75) is 78.9 Å². The van der Waals surface area contributed by atoms with Crippen LogP contribution in [0.15, 0.2) is 42.5 Å². The Labute approximate surface area is 182 Å². The minimum atomic E-state index is -0.141. The third-order valence-electron chi connectivity index (χ3n) is 4.80. The summed E-state index contributed by atoms with van der Waals surface area (Å²) < 4.78 is 11.6. The minimum Gasteiger partial charge on any atom is -0.491 e. The Bertz CT molecular complexity index is 840. The third kappa shape index (κ3) is 7.08. The first-order valence-electron chi connectivity index (χ1n) is 10.7. The summed E-state index contributed by atoms with van der Waals surface area (Å²) in [5.74, 6) is 1.45. The second-order valence-corrected chi connectivity index (χ2v) is 10.1. The molecule has 0 aliphatic rings. The average molecular weight is 412 g/mol. The maximum atomic E-state index is 12.3. The van der Waals surface area contributed by atoms with Crippen molar-refractivity contribution < 1.29 is 14.3 Å². The van der Waals surface area contributed by atoms with E-state index in [-0.39, 0.29) is 29.4 Å². The molecule has 0 saturated carbocycles. The number of ether oxygens (including phenoxy) is 2. The lowest BCUT2D eigenvalue weighted by Gasteiger charge is -2.27. The van der Waals surface area contributed by atoms with Gasteiger partial charge in [-0.05, 0) is 59.6 Å². The summed E-state index contributed by atoms with van der Waals surface area (Å²) in [6, 6.07) is 14.0. The van der Waals surface area contributed by atoms with Crippen molar-refractivity contribution >= 4 is 5.91 Å². The predicted molar refractivity (Wildman–Crippen MR) is 123 cm³/mol. The lowest BCUT2D eigenvalue weighted by atomic mass is 9.80. The van der Waals surface area contributed by atoms with E-state index in [4.69, 9.17) is 9.47 Å². The molecule has 30 heavy (non-hydrogen) atoms. The molecule has 0 heterocycles. The van der Waals surface area contributed by atoms with Crippen molar-refractivity contribution in [2.24, 2.45) is 0 Å². The van der Waals surface area contributed by atoms with Crippen molar-refractivity contribution in [1.29, 1.82) is 0 Å². The Morgan fingerprint density at radius 3 is 2.10 bits per heavy atom. The minimum absolute atomic E-state index is 0.00745. The molecule has 0 unspecified atom stereocenters. The largest absolute Gasteiger partial charge is 0.491 e. The Hall–Kier alpha value is -2.49. The van der Waals surface area contributed by atoms with Gasteiger partial charge in [-0.2, -0.15) is 0 Å². The van der Waals surface area contributed by atoms with E-state index in [2.05, 4.69) is 59.0 Å². The molecular weight excluding hydrogens is 374 g/mol. The highest BCUT2D eigenvalue weighted by Crippen LogP contribution is 2.35. The van der Waals surface area contributed by atoms with Crippen LogP contribution in [0.2, 0.25) is 0 Å². The zero-order chi connectivity index (χ0) is 22.5. The second kappa shape index (κ2) is 9.55. The van der Waals surface area contributed by atoms with Gasteiger partial charge in [-0.25, -0.2) is 0 Å². The molecule has 164 valence electrons. The second-order valence-electron chi connectivity index (χ2n) is 10.1. The normalized spacial score (nSPS) is 12.0. The molecule has 4 heteroatoms. The van der Waals surface area contributed by atoms with Gasteiger partial charge in [0.25, 0.3) is 5.91 Å². The fourth-order valence-electron chi connectivity index (χ4n) is 3.06. The zero-order valence-electron chi connectivity index (χ0n) is 19.8. The fraction of sp³-hybridized carbons (Fsp3) is 0.500. The van der Waals surface area contributed by atoms with E-state index in [1.54, 1.807) is 0 Å². The molecule has 0 aliphatic carbocycles. The summed E-state index contributed by atoms with van der Waals surface area (Å²) >= 11 is 0. The summed E-state index contributed by atoms with van der Waals surface area (Å²) in [6.07, 6.45) is 0.142. The van der Waals surface area contributed by atoms with E-state index in [0.717, 1.165) is 22.6 Å². The molecule has 0 aromatic heterocycles. The first kappa shape index (κ1) is 23.8. The van der Waals surface area contributed by atoms with Gasteiger partial charge in [-0.1, -0.05) is 65.8 Å². The first-order valence-corrected chi connectivity index (χ1v) is 10.7. The third-order valence-corrected chi connectivity index (χ3v) is 4.80. The molecule has 2 rings (SSSR count). The number of hydrogen-bond acceptors (Lipinski definition) is 3. The molecule has 0 radical (unpaired) electrons. The number of amides is 1. The topological polar surface area (TPSA) is 47.6 Å². The maximum absolute atomic E-state index is 12.3. The highest BCUT2D eigenvalue weighted by Gasteiger charge is 2.23. The van der Waals surface area contributed by atoms with E-state index < -0.39 is 0 Å². The van der Waals surface area contributed by atoms with Crippen LogP contribution in [0.4, 0.5) is 0 Å². The summed E-state index contributed by atoms with van der Waals surface area (Å²) in [6.45, 7) is 17.5. The highest BCUT2D eigenvalue weighted by molar-refractivity contribution is 5.77. The number of carbonyl (C=O) groups excluding carboxylic acids is 1. The van der Waals surface area contributed by atoms with E-state index in [9.17, 15) is 4.79 Å². The van der Waals surface area contributed by atoms with Crippen molar-refractivity contribution in [3.63, 3.8) is 0 Å². The molecule has 0 fully saturated rings. The van der Waals surface area contributed by atoms with Gasteiger partial charge in [0.15, 0.2) is 6.61 Å². The van der Waals surface area contributed by atoms with E-state index in [1.807, 2.05) is 44.2 Å². The van der Waals surface area contributed by atoms with Crippen LogP contribution in [0.5, 0.6) is 11.5 Å². The molecular formula is C26H37NO3. The predicted octanol–water partition coefficient (Wildman–Crippen LogP) is 5.76. The van der Waals surface area contributed by atoms with Crippen molar-refractivity contribution in [3.05, 3.63) is 59.2 Å². The lowest BCUT2D eigenvalue weighted by Crippen LogP contribution is -2.29. The standard InChI is InChI=1S/C26H37NO3/c1-18(2)30-21-12-9-19(10-13-21)16-27-24(28)17-29-23-14-11-20(25(3,4)5)15-22(23)26(6,7)8/h9-15,18H,16-17H2,1-8H3,(H,27,28). The molecule has 0 spiro atoms. The van der Waals surface area contributed by atoms with Gasteiger partial charge in [-0.15, -0.1) is 0 Å². The van der Waals surface area contributed by atoms with Crippen LogP contribution < -0.4 is 14.8 Å². The summed E-state index contributed by atoms with van der Waals surface area (Å²) in [7, 11) is 0. The Balaban J connectivity index is 1.97. The molecule has 0 aliphatic heterocycles. The molecule has 1 amide bonds. The number of nitrogens with one attached hydrogen (secondary N) is 1. The van der Waals surface area contributed by atoms with Gasteiger partial charge in [0.2, 0.25) is 0 Å². The molecule has 2 aromatic carbocycles. The summed E-state index contributed by atoms with van der Waals surface area (Å²) in [5.41, 5.74) is 3.38. The van der Waals surface area contributed by atoms with E-state index in [0.29, 0.717) is 6.54 Å². The zero-order valence-corrected chi connectivity index (χ0v) is 19.8. The molecule has 0 saturated heterocycles. The molecule has 0 atom stereocenters. The molecule has 4 nitrogen and oxygen atoms in total. The number of carbonyl (C=O) groups is 1. The van der Waals surface area contributed by atoms with Crippen LogP contribution in [0.25, 0.3) is 0 Å². The monoisotopic (exact) mass is 411 g/mol. The fourth-order valence-corrected chi connectivity index (χ4v) is 3.06. The van der Waals surface area contributed by atoms with Crippen LogP contribution in [-0.4, -0.2) is 18.6 Å². The maximum Gasteiger partial charge on any atom is 0.258 e. The molecule has 2 aromatic rings. The van der Waals surface area contributed by atoms with Gasteiger partial charge >= 0.3 is 0 Å². The van der Waals surface area contributed by atoms with Crippen LogP contribution in [0, 0.1) is 0 Å². The van der Waals surface area contributed by atoms with Crippen molar-refractivity contribution in [1.82, 2.24) is 5.32 Å². The molecule has 1 N–H and O–H groups in total. The number of hydrogen-bond donors (Lipinski definition) is 1. The summed E-state index contributed by atoms with van der Waals surface area (Å²) in [5, 5.41) is 2.92. The lowest BCUT2D eigenvalue weighted by molar-refractivity contribution is -0.123. The highest BCUT2D eigenvalue weighted by atomic mass is 16.5. The van der Waals surface area contributed by atoms with Crippen LogP contribution in [0.3, 0.4) is 0 Å². The van der Waals surface area contributed by atoms with Crippen molar-refractivity contribution in [3.8, 4) is 11.5 Å². The average Bonchev–Trinajstić information content (AvgIpc) is 2.63. The van der Waals surface area contributed by atoms with Gasteiger partial charge in [0, 0.05) is 6.54 Å². The van der Waals surface area contributed by atoms with Crippen LogP contribution >= 0.6 is 0 Å². The van der Waals surface area contributed by atoms with Crippen molar-refractivity contribution in [2.75, 3.05) is 6.61 Å². The SMILES string of the molecule is CC(C)Oc1ccc(CNC(=O)COc2ccc(C(C)(C)C)cc2C(C)(C)C)cc1. The van der Waals surface area contributed by atoms with E-state index >= 15 is 0 Å². The van der Waals surface area contributed by atoms with Gasteiger partial charge in [-0.3, -0.25) is 4.79 Å². The quantitative estimate of drug-likeness (QED) is 0.630. The van der Waals surface area contributed by atoms with Crippen LogP contribution in [-0.2, 0) is 22.2 Å². The van der Waals surface area contributed by atoms with Gasteiger partial charge in [0.1, 0.15) is 11.5 Å². The summed E-state index contributed by atoms with van der Waals surface area (Å²) in [4.78, 5) is 12.3. The van der Waals surface area contributed by atoms with Crippen LogP contribution in [0.1, 0.15) is 72.1 Å². The number of rotatable bonds is 7. The smallest absolute Gasteiger partial charge is 0.258 e. The van der Waals surface area contributed by atoms with E-state index in [1.165, 1.54) is 5.56 Å². The Kier molecular flexibility index (Phi) is 7.57. The Morgan fingerprint density at radius 1 is 0.933 bits per heavy atom. The van der Waals surface area contributed by atoms with Gasteiger partial charge < -0.3 is 14.8 Å². The Morgan fingerprint density at radius 2 is 1.57 bits per heavy atom. The number of benzene rings is 2.